The van der Waals surface area contributed by atoms with Crippen LogP contribution in [0.5, 0.6) is 5.75 Å². The van der Waals surface area contributed by atoms with Crippen molar-refractivity contribution in [2.24, 2.45) is 0 Å². The van der Waals surface area contributed by atoms with E-state index in [9.17, 15) is 0 Å². The molecule has 0 aliphatic rings. The van der Waals surface area contributed by atoms with Gasteiger partial charge in [-0.1, -0.05) is 41.4 Å². The highest BCUT2D eigenvalue weighted by Gasteiger charge is 2.08. The molecule has 0 spiro atoms. The van der Waals surface area contributed by atoms with Gasteiger partial charge in [-0.05, 0) is 30.7 Å². The summed E-state index contributed by atoms with van der Waals surface area (Å²) in [5, 5.41) is 1.18. The number of ether oxygens (including phenoxy) is 1. The second kappa shape index (κ2) is 5.51. The number of nitrogens with two attached hydrogens (primary N) is 1. The zero-order chi connectivity index (χ0) is 13.1. The molecule has 0 atom stereocenters. The van der Waals surface area contributed by atoms with E-state index in [1.54, 1.807) is 18.2 Å². The fourth-order valence-corrected chi connectivity index (χ4v) is 2.11. The van der Waals surface area contributed by atoms with Crippen molar-refractivity contribution in [1.29, 1.82) is 0 Å². The van der Waals surface area contributed by atoms with E-state index in [1.807, 2.05) is 25.1 Å². The number of hydrogen-bond acceptors (Lipinski definition) is 2. The molecule has 2 aromatic carbocycles. The third kappa shape index (κ3) is 2.71. The van der Waals surface area contributed by atoms with Gasteiger partial charge in [0.2, 0.25) is 0 Å². The second-order valence-corrected chi connectivity index (χ2v) is 4.79. The molecule has 0 bridgehead atoms. The molecule has 18 heavy (non-hydrogen) atoms. The van der Waals surface area contributed by atoms with Crippen LogP contribution in [0.4, 0.5) is 5.69 Å². The Kier molecular flexibility index (Phi) is 4.00. The Hall–Kier alpha value is -1.38. The van der Waals surface area contributed by atoms with Gasteiger partial charge in [-0.25, -0.2) is 0 Å². The summed E-state index contributed by atoms with van der Waals surface area (Å²) in [4.78, 5) is 0. The number of para-hydroxylation sites is 1. The summed E-state index contributed by atoms with van der Waals surface area (Å²) in [7, 11) is 0. The first-order valence-electron chi connectivity index (χ1n) is 5.50. The van der Waals surface area contributed by atoms with Crippen LogP contribution in [0.1, 0.15) is 11.1 Å². The van der Waals surface area contributed by atoms with Gasteiger partial charge in [-0.15, -0.1) is 0 Å². The molecule has 0 heterocycles. The Bertz CT molecular complexity index is 549. The fraction of sp³-hybridized carbons (Fsp3) is 0.143. The van der Waals surface area contributed by atoms with Crippen LogP contribution >= 0.6 is 23.2 Å². The highest BCUT2D eigenvalue weighted by molar-refractivity contribution is 6.35. The molecule has 0 aliphatic carbocycles. The molecule has 0 aromatic heterocycles. The summed E-state index contributed by atoms with van der Waals surface area (Å²) in [6.07, 6.45) is 0. The Morgan fingerprint density at radius 2 is 1.67 bits per heavy atom. The molecule has 0 saturated heterocycles. The van der Waals surface area contributed by atoms with E-state index in [2.05, 4.69) is 0 Å². The van der Waals surface area contributed by atoms with E-state index >= 15 is 0 Å². The molecule has 0 amide bonds. The van der Waals surface area contributed by atoms with Crippen LogP contribution < -0.4 is 10.5 Å². The minimum Gasteiger partial charge on any atom is -0.487 e. The van der Waals surface area contributed by atoms with Gasteiger partial charge < -0.3 is 10.5 Å². The molecule has 0 aliphatic heterocycles. The smallest absolute Gasteiger partial charge is 0.142 e. The van der Waals surface area contributed by atoms with E-state index in [-0.39, 0.29) is 0 Å². The Morgan fingerprint density at radius 3 is 2.33 bits per heavy atom. The second-order valence-electron chi connectivity index (χ2n) is 3.98. The lowest BCUT2D eigenvalue weighted by Gasteiger charge is -2.12. The van der Waals surface area contributed by atoms with Crippen LogP contribution in [-0.2, 0) is 6.61 Å². The van der Waals surface area contributed by atoms with Crippen molar-refractivity contribution < 1.29 is 4.74 Å². The highest BCUT2D eigenvalue weighted by Crippen LogP contribution is 2.29. The molecule has 4 heteroatoms. The van der Waals surface area contributed by atoms with Gasteiger partial charge in [0, 0.05) is 15.6 Å². The summed E-state index contributed by atoms with van der Waals surface area (Å²) in [6, 6.07) is 11.0. The topological polar surface area (TPSA) is 35.2 Å². The van der Waals surface area contributed by atoms with Crippen LogP contribution in [0.2, 0.25) is 10.0 Å². The van der Waals surface area contributed by atoms with Gasteiger partial charge >= 0.3 is 0 Å². The van der Waals surface area contributed by atoms with E-state index in [1.165, 1.54) is 0 Å². The normalized spacial score (nSPS) is 10.4. The van der Waals surface area contributed by atoms with Crippen LogP contribution in [0.15, 0.2) is 36.4 Å². The molecule has 0 fully saturated rings. The number of anilines is 1. The molecule has 2 aromatic rings. The Balaban J connectivity index is 2.19. The van der Waals surface area contributed by atoms with Crippen molar-refractivity contribution in [2.75, 3.05) is 5.73 Å². The van der Waals surface area contributed by atoms with E-state index in [0.29, 0.717) is 28.1 Å². The van der Waals surface area contributed by atoms with Crippen LogP contribution in [0, 0.1) is 6.92 Å². The molecule has 2 nitrogen and oxygen atoms in total. The molecule has 0 saturated carbocycles. The predicted octanol–water partition coefficient (Wildman–Crippen LogP) is 4.46. The third-order valence-electron chi connectivity index (χ3n) is 2.72. The van der Waals surface area contributed by atoms with E-state index in [0.717, 1.165) is 11.1 Å². The number of benzene rings is 2. The minimum atomic E-state index is 0.298. The Labute approximate surface area is 116 Å². The average Bonchev–Trinajstić information content (AvgIpc) is 2.33. The molecule has 0 unspecified atom stereocenters. The lowest BCUT2D eigenvalue weighted by molar-refractivity contribution is 0.308. The molecule has 94 valence electrons. The van der Waals surface area contributed by atoms with Crippen LogP contribution in [0.25, 0.3) is 0 Å². The van der Waals surface area contributed by atoms with Gasteiger partial charge in [-0.2, -0.15) is 0 Å². The van der Waals surface area contributed by atoms with Crippen molar-refractivity contribution in [3.05, 3.63) is 57.6 Å². The summed E-state index contributed by atoms with van der Waals surface area (Å²) < 4.78 is 5.67. The van der Waals surface area contributed by atoms with Crippen molar-refractivity contribution in [3.63, 3.8) is 0 Å². The monoisotopic (exact) mass is 281 g/mol. The van der Waals surface area contributed by atoms with Crippen molar-refractivity contribution in [3.8, 4) is 5.75 Å². The standard InChI is InChI=1S/C14H13Cl2NO/c1-9-4-2-7-13(14(9)17)18-8-10-11(15)5-3-6-12(10)16/h2-7H,8,17H2,1H3. The number of rotatable bonds is 3. The molecular weight excluding hydrogens is 269 g/mol. The number of nitrogen functional groups attached to an aromatic ring is 1. The maximum absolute atomic E-state index is 6.07. The summed E-state index contributed by atoms with van der Waals surface area (Å²) in [5.41, 5.74) is 8.32. The van der Waals surface area contributed by atoms with Crippen LogP contribution in [0.3, 0.4) is 0 Å². The number of hydrogen-bond donors (Lipinski definition) is 1. The van der Waals surface area contributed by atoms with Gasteiger partial charge in [0.1, 0.15) is 12.4 Å². The lowest BCUT2D eigenvalue weighted by atomic mass is 10.2. The first-order chi connectivity index (χ1) is 8.59. The SMILES string of the molecule is Cc1cccc(OCc2c(Cl)cccc2Cl)c1N. The van der Waals surface area contributed by atoms with E-state index in [4.69, 9.17) is 33.7 Å². The highest BCUT2D eigenvalue weighted by atomic mass is 35.5. The van der Waals surface area contributed by atoms with Crippen molar-refractivity contribution >= 4 is 28.9 Å². The maximum atomic E-state index is 6.07. The average molecular weight is 282 g/mol. The molecule has 2 rings (SSSR count). The zero-order valence-corrected chi connectivity index (χ0v) is 11.4. The molecule has 2 N–H and O–H groups in total. The van der Waals surface area contributed by atoms with Gasteiger partial charge in [0.05, 0.1) is 5.69 Å². The summed E-state index contributed by atoms with van der Waals surface area (Å²) in [5.74, 6) is 0.644. The zero-order valence-electron chi connectivity index (χ0n) is 9.91. The molecule has 0 radical (unpaired) electrons. The number of aryl methyl sites for hydroxylation is 1. The van der Waals surface area contributed by atoms with Gasteiger partial charge in [-0.3, -0.25) is 0 Å². The van der Waals surface area contributed by atoms with Crippen molar-refractivity contribution in [2.45, 2.75) is 13.5 Å². The predicted molar refractivity (Wildman–Crippen MR) is 76.4 cm³/mol. The third-order valence-corrected chi connectivity index (χ3v) is 3.43. The first kappa shape index (κ1) is 13.1. The van der Waals surface area contributed by atoms with Crippen molar-refractivity contribution in [1.82, 2.24) is 0 Å². The first-order valence-corrected chi connectivity index (χ1v) is 6.26. The quantitative estimate of drug-likeness (QED) is 0.843. The minimum absolute atomic E-state index is 0.298. The summed E-state index contributed by atoms with van der Waals surface area (Å²) >= 11 is 12.1. The maximum Gasteiger partial charge on any atom is 0.142 e. The van der Waals surface area contributed by atoms with Crippen LogP contribution in [-0.4, -0.2) is 0 Å². The lowest BCUT2D eigenvalue weighted by Crippen LogP contribution is -2.01. The van der Waals surface area contributed by atoms with Gasteiger partial charge in [0.15, 0.2) is 0 Å². The van der Waals surface area contributed by atoms with E-state index < -0.39 is 0 Å². The largest absolute Gasteiger partial charge is 0.487 e. The Morgan fingerprint density at radius 1 is 1.06 bits per heavy atom. The number of halogens is 2. The molecular formula is C14H13Cl2NO. The fourth-order valence-electron chi connectivity index (χ4n) is 1.60. The summed E-state index contributed by atoms with van der Waals surface area (Å²) in [6.45, 7) is 2.23. The van der Waals surface area contributed by atoms with Gasteiger partial charge in [0.25, 0.3) is 0 Å².